The number of likely N-dealkylation sites (tertiary alicyclic amines) is 1. The van der Waals surface area contributed by atoms with Crippen LogP contribution in [0.3, 0.4) is 0 Å². The van der Waals surface area contributed by atoms with Gasteiger partial charge in [-0.3, -0.25) is 4.79 Å². The van der Waals surface area contributed by atoms with Gasteiger partial charge in [-0.1, -0.05) is 19.8 Å². The molecule has 0 aromatic rings. The van der Waals surface area contributed by atoms with E-state index in [0.29, 0.717) is 12.5 Å². The van der Waals surface area contributed by atoms with E-state index in [1.807, 2.05) is 4.90 Å². The first-order valence-electron chi connectivity index (χ1n) is 6.82. The van der Waals surface area contributed by atoms with Crippen molar-refractivity contribution in [3.63, 3.8) is 0 Å². The van der Waals surface area contributed by atoms with Gasteiger partial charge < -0.3 is 15.4 Å². The molecule has 1 saturated carbocycles. The van der Waals surface area contributed by atoms with Gasteiger partial charge in [0.1, 0.15) is 6.61 Å². The molecule has 1 amide bonds. The zero-order valence-electron chi connectivity index (χ0n) is 10.7. The maximum Gasteiger partial charge on any atom is 0.248 e. The van der Waals surface area contributed by atoms with Crippen LogP contribution in [0.4, 0.5) is 0 Å². The van der Waals surface area contributed by atoms with E-state index in [2.05, 4.69) is 6.92 Å². The van der Waals surface area contributed by atoms with Crippen LogP contribution in [-0.2, 0) is 9.53 Å². The second kappa shape index (κ2) is 5.83. The first kappa shape index (κ1) is 12.8. The molecule has 0 aromatic heterocycles. The molecule has 0 spiro atoms. The first-order valence-corrected chi connectivity index (χ1v) is 6.82. The van der Waals surface area contributed by atoms with E-state index in [-0.39, 0.29) is 24.7 Å². The third-order valence-electron chi connectivity index (χ3n) is 4.03. The number of ether oxygens (including phenoxy) is 1. The van der Waals surface area contributed by atoms with Crippen molar-refractivity contribution >= 4 is 5.91 Å². The predicted molar refractivity (Wildman–Crippen MR) is 66.5 cm³/mol. The van der Waals surface area contributed by atoms with Gasteiger partial charge in [-0.05, 0) is 25.2 Å². The molecule has 4 nitrogen and oxygen atoms in total. The highest BCUT2D eigenvalue weighted by Crippen LogP contribution is 2.26. The Morgan fingerprint density at radius 1 is 1.35 bits per heavy atom. The third kappa shape index (κ3) is 3.42. The van der Waals surface area contributed by atoms with Crippen molar-refractivity contribution in [3.8, 4) is 0 Å². The fourth-order valence-corrected chi connectivity index (χ4v) is 2.81. The van der Waals surface area contributed by atoms with E-state index in [9.17, 15) is 4.79 Å². The molecule has 2 N–H and O–H groups in total. The number of amides is 1. The molecule has 0 radical (unpaired) electrons. The number of rotatable bonds is 3. The van der Waals surface area contributed by atoms with E-state index in [4.69, 9.17) is 10.5 Å². The second-order valence-electron chi connectivity index (χ2n) is 5.50. The van der Waals surface area contributed by atoms with Crippen molar-refractivity contribution in [2.45, 2.75) is 51.2 Å². The molecule has 1 heterocycles. The van der Waals surface area contributed by atoms with Crippen LogP contribution in [0.5, 0.6) is 0 Å². The Balaban J connectivity index is 1.72. The monoisotopic (exact) mass is 240 g/mol. The van der Waals surface area contributed by atoms with E-state index >= 15 is 0 Å². The summed E-state index contributed by atoms with van der Waals surface area (Å²) in [6.07, 6.45) is 6.07. The molecule has 1 aliphatic carbocycles. The van der Waals surface area contributed by atoms with Crippen LogP contribution in [-0.4, -0.2) is 42.6 Å². The largest absolute Gasteiger partial charge is 0.368 e. The van der Waals surface area contributed by atoms with Gasteiger partial charge in [-0.2, -0.15) is 0 Å². The predicted octanol–water partition coefficient (Wildman–Crippen LogP) is 1.14. The minimum Gasteiger partial charge on any atom is -0.368 e. The molecular formula is C13H24N2O2. The lowest BCUT2D eigenvalue weighted by atomic mass is 9.88. The lowest BCUT2D eigenvalue weighted by molar-refractivity contribution is -0.139. The highest BCUT2D eigenvalue weighted by molar-refractivity contribution is 5.77. The molecular weight excluding hydrogens is 216 g/mol. The number of nitrogens with zero attached hydrogens (tertiary/aromatic N) is 1. The van der Waals surface area contributed by atoms with Crippen LogP contribution in [0.2, 0.25) is 0 Å². The quantitative estimate of drug-likeness (QED) is 0.805. The standard InChI is InChI=1S/C13H24N2O2/c1-10-4-2-3-5-12(10)17-9-13(16)15-7-6-11(14)8-15/h10-12H,2-9,14H2,1H3/t10-,11+,12+/m0/s1. The number of carbonyl (C=O) groups is 1. The van der Waals surface area contributed by atoms with Gasteiger partial charge in [0.15, 0.2) is 0 Å². The Morgan fingerprint density at radius 3 is 2.76 bits per heavy atom. The zero-order valence-corrected chi connectivity index (χ0v) is 10.7. The molecule has 0 unspecified atom stereocenters. The Hall–Kier alpha value is -0.610. The SMILES string of the molecule is C[C@H]1CCCC[C@H]1OCC(=O)N1CC[C@@H](N)C1. The van der Waals surface area contributed by atoms with Crippen LogP contribution < -0.4 is 5.73 Å². The number of nitrogens with two attached hydrogens (primary N) is 1. The molecule has 2 fully saturated rings. The number of carbonyl (C=O) groups excluding carboxylic acids is 1. The molecule has 1 aliphatic heterocycles. The maximum absolute atomic E-state index is 11.9. The number of hydrogen-bond donors (Lipinski definition) is 1. The highest BCUT2D eigenvalue weighted by Gasteiger charge is 2.26. The Kier molecular flexibility index (Phi) is 4.40. The van der Waals surface area contributed by atoms with Crippen LogP contribution in [0.15, 0.2) is 0 Å². The normalized spacial score (nSPS) is 34.0. The van der Waals surface area contributed by atoms with Crippen molar-refractivity contribution < 1.29 is 9.53 Å². The molecule has 3 atom stereocenters. The van der Waals surface area contributed by atoms with Gasteiger partial charge >= 0.3 is 0 Å². The van der Waals surface area contributed by atoms with E-state index in [0.717, 1.165) is 19.4 Å². The van der Waals surface area contributed by atoms with Gasteiger partial charge in [0, 0.05) is 19.1 Å². The van der Waals surface area contributed by atoms with Gasteiger partial charge in [0.05, 0.1) is 6.10 Å². The summed E-state index contributed by atoms with van der Waals surface area (Å²) in [6.45, 7) is 3.95. The average Bonchev–Trinajstić information content (AvgIpc) is 2.74. The molecule has 1 saturated heterocycles. The Bertz CT molecular complexity index is 270. The van der Waals surface area contributed by atoms with Crippen molar-refractivity contribution in [2.75, 3.05) is 19.7 Å². The van der Waals surface area contributed by atoms with Crippen LogP contribution >= 0.6 is 0 Å². The first-order chi connectivity index (χ1) is 8.16. The van der Waals surface area contributed by atoms with Crippen molar-refractivity contribution in [1.82, 2.24) is 4.90 Å². The van der Waals surface area contributed by atoms with Crippen LogP contribution in [0.1, 0.15) is 39.0 Å². The number of hydrogen-bond acceptors (Lipinski definition) is 3. The van der Waals surface area contributed by atoms with Gasteiger partial charge in [0.2, 0.25) is 5.91 Å². The van der Waals surface area contributed by atoms with Crippen LogP contribution in [0, 0.1) is 5.92 Å². The molecule has 98 valence electrons. The van der Waals surface area contributed by atoms with E-state index in [1.165, 1.54) is 19.3 Å². The van der Waals surface area contributed by atoms with Gasteiger partial charge in [-0.25, -0.2) is 0 Å². The minimum absolute atomic E-state index is 0.107. The molecule has 0 aromatic carbocycles. The highest BCUT2D eigenvalue weighted by atomic mass is 16.5. The van der Waals surface area contributed by atoms with Crippen molar-refractivity contribution in [3.05, 3.63) is 0 Å². The van der Waals surface area contributed by atoms with Gasteiger partial charge in [0.25, 0.3) is 0 Å². The fourth-order valence-electron chi connectivity index (χ4n) is 2.81. The summed E-state index contributed by atoms with van der Waals surface area (Å²) < 4.78 is 5.77. The summed E-state index contributed by atoms with van der Waals surface area (Å²) in [7, 11) is 0. The second-order valence-corrected chi connectivity index (χ2v) is 5.50. The smallest absolute Gasteiger partial charge is 0.248 e. The van der Waals surface area contributed by atoms with Crippen molar-refractivity contribution in [2.24, 2.45) is 11.7 Å². The third-order valence-corrected chi connectivity index (χ3v) is 4.03. The summed E-state index contributed by atoms with van der Waals surface area (Å²) >= 11 is 0. The summed E-state index contributed by atoms with van der Waals surface area (Å²) in [5, 5.41) is 0. The van der Waals surface area contributed by atoms with Crippen molar-refractivity contribution in [1.29, 1.82) is 0 Å². The summed E-state index contributed by atoms with van der Waals surface area (Å²) in [4.78, 5) is 13.7. The summed E-state index contributed by atoms with van der Waals surface area (Å²) in [5.74, 6) is 0.702. The molecule has 17 heavy (non-hydrogen) atoms. The fraction of sp³-hybridized carbons (Fsp3) is 0.923. The minimum atomic E-state index is 0.107. The van der Waals surface area contributed by atoms with Gasteiger partial charge in [-0.15, -0.1) is 0 Å². The average molecular weight is 240 g/mol. The topological polar surface area (TPSA) is 55.6 Å². The molecule has 2 rings (SSSR count). The zero-order chi connectivity index (χ0) is 12.3. The molecule has 4 heteroatoms. The Labute approximate surface area is 103 Å². The Morgan fingerprint density at radius 2 is 2.12 bits per heavy atom. The van der Waals surface area contributed by atoms with E-state index < -0.39 is 0 Å². The molecule has 0 bridgehead atoms. The lowest BCUT2D eigenvalue weighted by Crippen LogP contribution is -2.36. The van der Waals surface area contributed by atoms with Crippen LogP contribution in [0.25, 0.3) is 0 Å². The lowest BCUT2D eigenvalue weighted by Gasteiger charge is -2.29. The summed E-state index contributed by atoms with van der Waals surface area (Å²) in [6, 6.07) is 0.160. The molecule has 2 aliphatic rings. The van der Waals surface area contributed by atoms with E-state index in [1.54, 1.807) is 0 Å². The summed E-state index contributed by atoms with van der Waals surface area (Å²) in [5.41, 5.74) is 5.79. The maximum atomic E-state index is 11.9.